The van der Waals surface area contributed by atoms with Crippen LogP contribution in [0.3, 0.4) is 0 Å². The Bertz CT molecular complexity index is 804. The molecule has 0 saturated heterocycles. The lowest BCUT2D eigenvalue weighted by Gasteiger charge is -2.04. The van der Waals surface area contributed by atoms with E-state index in [4.69, 9.17) is 4.42 Å². The lowest BCUT2D eigenvalue weighted by molar-refractivity contribution is -0.120. The van der Waals surface area contributed by atoms with Gasteiger partial charge in [-0.3, -0.25) is 4.79 Å². The average molecular weight is 294 g/mol. The highest BCUT2D eigenvalue weighted by molar-refractivity contribution is 5.77. The molecule has 0 aliphatic rings. The standard InChI is InChI=1S/C18H18N2O2/c1-3-17(21)19-11-13-5-7-14(8-6-13)18-20-15-9-4-12(2)10-16(15)22-18/h4-10H,3,11H2,1-2H3,(H,19,21). The average Bonchev–Trinajstić information content (AvgIpc) is 2.96. The van der Waals surface area contributed by atoms with Crippen LogP contribution in [0.15, 0.2) is 46.9 Å². The molecule has 0 bridgehead atoms. The second kappa shape index (κ2) is 6.02. The number of hydrogen-bond donors (Lipinski definition) is 1. The first-order valence-corrected chi connectivity index (χ1v) is 7.39. The molecule has 4 nitrogen and oxygen atoms in total. The van der Waals surface area contributed by atoms with Gasteiger partial charge in [0, 0.05) is 18.5 Å². The molecule has 1 amide bonds. The van der Waals surface area contributed by atoms with Crippen LogP contribution in [0.4, 0.5) is 0 Å². The number of oxazole rings is 1. The van der Waals surface area contributed by atoms with E-state index in [9.17, 15) is 4.79 Å². The van der Waals surface area contributed by atoms with Crippen LogP contribution < -0.4 is 5.32 Å². The van der Waals surface area contributed by atoms with Crippen molar-refractivity contribution in [3.05, 3.63) is 53.6 Å². The van der Waals surface area contributed by atoms with E-state index in [1.807, 2.05) is 56.3 Å². The third kappa shape index (κ3) is 3.01. The second-order valence-electron chi connectivity index (χ2n) is 5.32. The molecule has 3 rings (SSSR count). The van der Waals surface area contributed by atoms with E-state index >= 15 is 0 Å². The molecule has 3 aromatic rings. The summed E-state index contributed by atoms with van der Waals surface area (Å²) in [6.45, 7) is 4.41. The summed E-state index contributed by atoms with van der Waals surface area (Å²) < 4.78 is 5.81. The minimum Gasteiger partial charge on any atom is -0.436 e. The number of rotatable bonds is 4. The van der Waals surface area contributed by atoms with Gasteiger partial charge < -0.3 is 9.73 Å². The molecule has 0 atom stereocenters. The summed E-state index contributed by atoms with van der Waals surface area (Å²) in [5, 5.41) is 2.86. The fourth-order valence-corrected chi connectivity index (χ4v) is 2.25. The number of aryl methyl sites for hydroxylation is 1. The van der Waals surface area contributed by atoms with E-state index in [-0.39, 0.29) is 5.91 Å². The summed E-state index contributed by atoms with van der Waals surface area (Å²) >= 11 is 0. The van der Waals surface area contributed by atoms with Crippen molar-refractivity contribution in [2.75, 3.05) is 0 Å². The Labute approximate surface area is 129 Å². The van der Waals surface area contributed by atoms with Crippen LogP contribution in [0.2, 0.25) is 0 Å². The Morgan fingerprint density at radius 3 is 2.68 bits per heavy atom. The van der Waals surface area contributed by atoms with Crippen molar-refractivity contribution in [1.29, 1.82) is 0 Å². The Hall–Kier alpha value is -2.62. The highest BCUT2D eigenvalue weighted by Gasteiger charge is 2.08. The molecule has 0 saturated carbocycles. The van der Waals surface area contributed by atoms with Gasteiger partial charge in [-0.05, 0) is 42.3 Å². The van der Waals surface area contributed by atoms with Crippen molar-refractivity contribution in [1.82, 2.24) is 10.3 Å². The van der Waals surface area contributed by atoms with Crippen LogP contribution in [0, 0.1) is 6.92 Å². The molecular formula is C18H18N2O2. The molecule has 22 heavy (non-hydrogen) atoms. The predicted octanol–water partition coefficient (Wildman–Crippen LogP) is 3.83. The lowest BCUT2D eigenvalue weighted by atomic mass is 10.1. The van der Waals surface area contributed by atoms with Gasteiger partial charge in [0.2, 0.25) is 11.8 Å². The Morgan fingerprint density at radius 2 is 1.95 bits per heavy atom. The number of fused-ring (bicyclic) bond motifs is 1. The summed E-state index contributed by atoms with van der Waals surface area (Å²) in [6, 6.07) is 13.9. The zero-order chi connectivity index (χ0) is 15.5. The number of carbonyl (C=O) groups is 1. The van der Waals surface area contributed by atoms with Gasteiger partial charge in [0.05, 0.1) is 0 Å². The maximum atomic E-state index is 11.3. The molecule has 1 aromatic heterocycles. The van der Waals surface area contributed by atoms with Gasteiger partial charge >= 0.3 is 0 Å². The zero-order valence-corrected chi connectivity index (χ0v) is 12.7. The van der Waals surface area contributed by atoms with Crippen molar-refractivity contribution in [2.24, 2.45) is 0 Å². The largest absolute Gasteiger partial charge is 0.436 e. The zero-order valence-electron chi connectivity index (χ0n) is 12.7. The summed E-state index contributed by atoms with van der Waals surface area (Å²) in [5.74, 6) is 0.670. The van der Waals surface area contributed by atoms with Crippen molar-refractivity contribution in [2.45, 2.75) is 26.8 Å². The van der Waals surface area contributed by atoms with E-state index in [0.717, 1.165) is 27.8 Å². The fourth-order valence-electron chi connectivity index (χ4n) is 2.25. The summed E-state index contributed by atoms with van der Waals surface area (Å²) in [4.78, 5) is 15.8. The van der Waals surface area contributed by atoms with Gasteiger partial charge in [-0.25, -0.2) is 4.98 Å². The van der Waals surface area contributed by atoms with Crippen LogP contribution >= 0.6 is 0 Å². The van der Waals surface area contributed by atoms with Gasteiger partial charge in [0.15, 0.2) is 5.58 Å². The Morgan fingerprint density at radius 1 is 1.18 bits per heavy atom. The van der Waals surface area contributed by atoms with E-state index in [1.165, 1.54) is 0 Å². The molecule has 112 valence electrons. The summed E-state index contributed by atoms with van der Waals surface area (Å²) in [7, 11) is 0. The number of carbonyl (C=O) groups excluding carboxylic acids is 1. The number of aromatic nitrogens is 1. The third-order valence-electron chi connectivity index (χ3n) is 3.56. The topological polar surface area (TPSA) is 55.1 Å². The molecular weight excluding hydrogens is 276 g/mol. The van der Waals surface area contributed by atoms with Gasteiger partial charge in [0.1, 0.15) is 5.52 Å². The van der Waals surface area contributed by atoms with Crippen molar-refractivity contribution in [3.8, 4) is 11.5 Å². The van der Waals surface area contributed by atoms with Crippen molar-refractivity contribution < 1.29 is 9.21 Å². The monoisotopic (exact) mass is 294 g/mol. The van der Waals surface area contributed by atoms with Gasteiger partial charge in [0.25, 0.3) is 0 Å². The number of benzene rings is 2. The molecule has 0 radical (unpaired) electrons. The van der Waals surface area contributed by atoms with Crippen molar-refractivity contribution in [3.63, 3.8) is 0 Å². The molecule has 1 heterocycles. The Kier molecular flexibility index (Phi) is 3.92. The highest BCUT2D eigenvalue weighted by Crippen LogP contribution is 2.25. The van der Waals surface area contributed by atoms with Gasteiger partial charge in [-0.15, -0.1) is 0 Å². The van der Waals surface area contributed by atoms with Crippen LogP contribution in [-0.4, -0.2) is 10.9 Å². The molecule has 4 heteroatoms. The SMILES string of the molecule is CCC(=O)NCc1ccc(-c2nc3ccc(C)cc3o2)cc1. The quantitative estimate of drug-likeness (QED) is 0.795. The Balaban J connectivity index is 1.80. The minimum absolute atomic E-state index is 0.0541. The van der Waals surface area contributed by atoms with Crippen LogP contribution in [-0.2, 0) is 11.3 Å². The summed E-state index contributed by atoms with van der Waals surface area (Å²) in [5.41, 5.74) is 4.79. The van der Waals surface area contributed by atoms with Crippen molar-refractivity contribution >= 4 is 17.0 Å². The van der Waals surface area contributed by atoms with E-state index in [2.05, 4.69) is 10.3 Å². The molecule has 0 spiro atoms. The first-order valence-electron chi connectivity index (χ1n) is 7.39. The maximum absolute atomic E-state index is 11.3. The molecule has 0 aliphatic heterocycles. The van der Waals surface area contributed by atoms with Crippen LogP contribution in [0.5, 0.6) is 0 Å². The number of nitrogens with one attached hydrogen (secondary N) is 1. The predicted molar refractivity (Wildman–Crippen MR) is 86.3 cm³/mol. The first kappa shape index (κ1) is 14.3. The lowest BCUT2D eigenvalue weighted by Crippen LogP contribution is -2.21. The molecule has 2 aromatic carbocycles. The van der Waals surface area contributed by atoms with E-state index in [1.54, 1.807) is 0 Å². The van der Waals surface area contributed by atoms with E-state index < -0.39 is 0 Å². The maximum Gasteiger partial charge on any atom is 0.227 e. The molecule has 0 aliphatic carbocycles. The molecule has 1 N–H and O–H groups in total. The van der Waals surface area contributed by atoms with Gasteiger partial charge in [-0.1, -0.05) is 25.1 Å². The normalized spacial score (nSPS) is 10.8. The molecule has 0 fully saturated rings. The number of amides is 1. The number of nitrogens with zero attached hydrogens (tertiary/aromatic N) is 1. The van der Waals surface area contributed by atoms with E-state index in [0.29, 0.717) is 18.9 Å². The summed E-state index contributed by atoms with van der Waals surface area (Å²) in [6.07, 6.45) is 0.500. The third-order valence-corrected chi connectivity index (χ3v) is 3.56. The van der Waals surface area contributed by atoms with Gasteiger partial charge in [-0.2, -0.15) is 0 Å². The van der Waals surface area contributed by atoms with Crippen LogP contribution in [0.1, 0.15) is 24.5 Å². The smallest absolute Gasteiger partial charge is 0.227 e. The minimum atomic E-state index is 0.0541. The highest BCUT2D eigenvalue weighted by atomic mass is 16.3. The number of hydrogen-bond acceptors (Lipinski definition) is 3. The second-order valence-corrected chi connectivity index (χ2v) is 5.32. The molecule has 0 unspecified atom stereocenters. The van der Waals surface area contributed by atoms with Crippen LogP contribution in [0.25, 0.3) is 22.6 Å². The first-order chi connectivity index (χ1) is 10.7. The fraction of sp³-hybridized carbons (Fsp3) is 0.222.